The summed E-state index contributed by atoms with van der Waals surface area (Å²) < 4.78 is 32.9. The van der Waals surface area contributed by atoms with E-state index < -0.39 is 6.61 Å². The van der Waals surface area contributed by atoms with Crippen molar-refractivity contribution in [1.29, 1.82) is 0 Å². The van der Waals surface area contributed by atoms with Gasteiger partial charge in [-0.05, 0) is 60.5 Å². The van der Waals surface area contributed by atoms with Crippen LogP contribution in [0.25, 0.3) is 38.9 Å². The van der Waals surface area contributed by atoms with Crippen LogP contribution in [0.15, 0.2) is 65.8 Å². The van der Waals surface area contributed by atoms with Crippen molar-refractivity contribution in [3.63, 3.8) is 0 Å². The predicted molar refractivity (Wildman–Crippen MR) is 123 cm³/mol. The average molecular weight is 447 g/mol. The molecule has 0 spiro atoms. The number of nitrogen functional groups attached to an aromatic ring is 1. The number of hydrogen-bond acceptors (Lipinski definition) is 5. The van der Waals surface area contributed by atoms with Gasteiger partial charge in [-0.25, -0.2) is 4.98 Å². The summed E-state index contributed by atoms with van der Waals surface area (Å²) >= 11 is 0. The molecule has 0 atom stereocenters. The Morgan fingerprint density at radius 2 is 1.79 bits per heavy atom. The Kier molecular flexibility index (Phi) is 4.81. The number of rotatable bonds is 4. The molecule has 0 aliphatic heterocycles. The molecule has 0 aliphatic rings. The van der Waals surface area contributed by atoms with E-state index in [4.69, 9.17) is 5.73 Å². The van der Waals surface area contributed by atoms with E-state index in [1.807, 2.05) is 36.7 Å². The van der Waals surface area contributed by atoms with Crippen LogP contribution in [0.4, 0.5) is 14.5 Å². The van der Waals surface area contributed by atoms with Crippen LogP contribution in [-0.2, 0) is 7.05 Å². The van der Waals surface area contributed by atoms with Crippen molar-refractivity contribution in [2.45, 2.75) is 13.5 Å². The minimum atomic E-state index is -2.93. The van der Waals surface area contributed by atoms with E-state index in [-0.39, 0.29) is 17.0 Å². The first-order valence-corrected chi connectivity index (χ1v) is 10.1. The molecule has 5 aromatic rings. The molecule has 0 bridgehead atoms. The van der Waals surface area contributed by atoms with E-state index in [0.29, 0.717) is 27.8 Å². The molecule has 7 nitrogen and oxygen atoms in total. The quantitative estimate of drug-likeness (QED) is 0.440. The summed E-state index contributed by atoms with van der Waals surface area (Å²) in [5.74, 6) is -0.00209. The second-order valence-electron chi connectivity index (χ2n) is 7.74. The SMILES string of the molecule is Cc1cnc2c(N)c(-c3ccc4ncn(C)c4c3)c(=O)n(-c3ccc(OC(F)F)cc3)c2c1. The van der Waals surface area contributed by atoms with Gasteiger partial charge in [0.2, 0.25) is 0 Å². The highest BCUT2D eigenvalue weighted by Gasteiger charge is 2.19. The first kappa shape index (κ1) is 20.6. The van der Waals surface area contributed by atoms with Crippen LogP contribution in [0.1, 0.15) is 5.56 Å². The first-order valence-electron chi connectivity index (χ1n) is 10.1. The Labute approximate surface area is 186 Å². The number of hydrogen-bond donors (Lipinski definition) is 1. The Balaban J connectivity index is 1.80. The molecule has 5 rings (SSSR count). The van der Waals surface area contributed by atoms with E-state index in [1.54, 1.807) is 30.7 Å². The Hall–Kier alpha value is -4.27. The number of fused-ring (bicyclic) bond motifs is 2. The van der Waals surface area contributed by atoms with Crippen molar-refractivity contribution in [2.24, 2.45) is 7.05 Å². The second-order valence-corrected chi connectivity index (χ2v) is 7.74. The number of aryl methyl sites for hydroxylation is 2. The number of halogens is 2. The van der Waals surface area contributed by atoms with Crippen LogP contribution in [0, 0.1) is 6.92 Å². The fraction of sp³-hybridized carbons (Fsp3) is 0.125. The van der Waals surface area contributed by atoms with E-state index in [9.17, 15) is 13.6 Å². The van der Waals surface area contributed by atoms with E-state index >= 15 is 0 Å². The third-order valence-electron chi connectivity index (χ3n) is 5.52. The van der Waals surface area contributed by atoms with Gasteiger partial charge in [0.05, 0.1) is 34.1 Å². The highest BCUT2D eigenvalue weighted by Crippen LogP contribution is 2.32. The number of anilines is 1. The van der Waals surface area contributed by atoms with Crippen LogP contribution in [0.2, 0.25) is 0 Å². The maximum Gasteiger partial charge on any atom is 0.387 e. The molecule has 0 radical (unpaired) electrons. The van der Waals surface area contributed by atoms with Gasteiger partial charge in [0.25, 0.3) is 5.56 Å². The van der Waals surface area contributed by atoms with Gasteiger partial charge in [-0.3, -0.25) is 14.3 Å². The molecule has 166 valence electrons. The molecule has 0 saturated carbocycles. The summed E-state index contributed by atoms with van der Waals surface area (Å²) in [7, 11) is 1.87. The zero-order chi connectivity index (χ0) is 23.3. The van der Waals surface area contributed by atoms with Crippen LogP contribution >= 0.6 is 0 Å². The lowest BCUT2D eigenvalue weighted by atomic mass is 10.0. The number of imidazole rings is 1. The van der Waals surface area contributed by atoms with E-state index in [1.165, 1.54) is 16.7 Å². The zero-order valence-corrected chi connectivity index (χ0v) is 17.8. The third-order valence-corrected chi connectivity index (χ3v) is 5.52. The summed E-state index contributed by atoms with van der Waals surface area (Å²) in [6.07, 6.45) is 3.38. The highest BCUT2D eigenvalue weighted by molar-refractivity contribution is 5.98. The standard InChI is InChI=1S/C24H19F2N5O2/c1-13-9-19-22(28-11-13)21(27)20(14-3-8-17-18(10-14)30(2)12-29-17)23(32)31(19)15-4-6-16(7-5-15)33-24(25)26/h3-12,24H,27H2,1-2H3. The Morgan fingerprint density at radius 1 is 1.03 bits per heavy atom. The molecule has 0 saturated heterocycles. The lowest BCUT2D eigenvalue weighted by molar-refractivity contribution is -0.0498. The molecule has 33 heavy (non-hydrogen) atoms. The summed E-state index contributed by atoms with van der Waals surface area (Å²) in [5, 5.41) is 0. The number of benzene rings is 2. The van der Waals surface area contributed by atoms with Gasteiger partial charge in [0, 0.05) is 18.9 Å². The summed E-state index contributed by atoms with van der Waals surface area (Å²) in [6.45, 7) is -1.07. The fourth-order valence-corrected chi connectivity index (χ4v) is 3.98. The Morgan fingerprint density at radius 3 is 2.52 bits per heavy atom. The van der Waals surface area contributed by atoms with Gasteiger partial charge in [-0.15, -0.1) is 0 Å². The van der Waals surface area contributed by atoms with Crippen molar-refractivity contribution < 1.29 is 13.5 Å². The molecule has 0 amide bonds. The molecule has 0 unspecified atom stereocenters. The fourth-order valence-electron chi connectivity index (χ4n) is 3.98. The molecular formula is C24H19F2N5O2. The highest BCUT2D eigenvalue weighted by atomic mass is 19.3. The molecule has 2 N–H and O–H groups in total. The van der Waals surface area contributed by atoms with Gasteiger partial charge in [0.1, 0.15) is 11.3 Å². The smallest absolute Gasteiger partial charge is 0.387 e. The zero-order valence-electron chi connectivity index (χ0n) is 17.8. The summed E-state index contributed by atoms with van der Waals surface area (Å²) in [4.78, 5) is 22.6. The molecule has 3 aromatic heterocycles. The maximum absolute atomic E-state index is 13.8. The van der Waals surface area contributed by atoms with Crippen molar-refractivity contribution in [3.8, 4) is 22.6 Å². The number of aromatic nitrogens is 4. The topological polar surface area (TPSA) is 88.0 Å². The summed E-state index contributed by atoms with van der Waals surface area (Å²) in [6, 6.07) is 13.2. The minimum Gasteiger partial charge on any atom is -0.435 e. The lowest BCUT2D eigenvalue weighted by Gasteiger charge is -2.16. The third kappa shape index (κ3) is 3.47. The van der Waals surface area contributed by atoms with Crippen LogP contribution in [0.5, 0.6) is 5.75 Å². The molecule has 2 aromatic carbocycles. The van der Waals surface area contributed by atoms with Crippen LogP contribution in [-0.4, -0.2) is 25.7 Å². The minimum absolute atomic E-state index is 0.00209. The van der Waals surface area contributed by atoms with Gasteiger partial charge in [-0.2, -0.15) is 8.78 Å². The largest absolute Gasteiger partial charge is 0.435 e. The maximum atomic E-state index is 13.8. The predicted octanol–water partition coefficient (Wildman–Crippen LogP) is 4.43. The van der Waals surface area contributed by atoms with Crippen LogP contribution < -0.4 is 16.0 Å². The van der Waals surface area contributed by atoms with Gasteiger partial charge >= 0.3 is 6.61 Å². The van der Waals surface area contributed by atoms with E-state index in [2.05, 4.69) is 14.7 Å². The molecule has 0 fully saturated rings. The monoisotopic (exact) mass is 447 g/mol. The molecule has 0 aliphatic carbocycles. The van der Waals surface area contributed by atoms with Crippen molar-refractivity contribution in [1.82, 2.24) is 19.1 Å². The van der Waals surface area contributed by atoms with Crippen LogP contribution in [0.3, 0.4) is 0 Å². The molecular weight excluding hydrogens is 428 g/mol. The number of nitrogens with two attached hydrogens (primary N) is 1. The van der Waals surface area contributed by atoms with Crippen molar-refractivity contribution in [2.75, 3.05) is 5.73 Å². The number of alkyl halides is 2. The second kappa shape index (κ2) is 7.70. The van der Waals surface area contributed by atoms with Gasteiger partial charge in [-0.1, -0.05) is 6.07 Å². The van der Waals surface area contributed by atoms with Gasteiger partial charge < -0.3 is 15.0 Å². The number of pyridine rings is 2. The first-order chi connectivity index (χ1) is 15.8. The average Bonchev–Trinajstić information content (AvgIpc) is 3.15. The number of ether oxygens (including phenoxy) is 1. The summed E-state index contributed by atoms with van der Waals surface area (Å²) in [5.41, 5.74) is 11.3. The lowest BCUT2D eigenvalue weighted by Crippen LogP contribution is -2.23. The van der Waals surface area contributed by atoms with Crippen molar-refractivity contribution in [3.05, 3.63) is 77.0 Å². The molecule has 9 heteroatoms. The van der Waals surface area contributed by atoms with Crippen molar-refractivity contribution >= 4 is 27.8 Å². The van der Waals surface area contributed by atoms with E-state index in [0.717, 1.165) is 16.6 Å². The number of nitrogens with zero attached hydrogens (tertiary/aromatic N) is 4. The Bertz CT molecular complexity index is 1570. The normalized spacial score (nSPS) is 11.5. The molecule has 3 heterocycles. The van der Waals surface area contributed by atoms with Gasteiger partial charge in [0.15, 0.2) is 0 Å².